The van der Waals surface area contributed by atoms with Crippen LogP contribution >= 0.6 is 0 Å². The molecule has 1 aromatic heterocycles. The summed E-state index contributed by atoms with van der Waals surface area (Å²) < 4.78 is 89.4. The number of hydrogen-bond donors (Lipinski definition) is 0. The fourth-order valence-corrected chi connectivity index (χ4v) is 2.79. The van der Waals surface area contributed by atoms with Gasteiger partial charge in [-0.3, -0.25) is 9.69 Å². The van der Waals surface area contributed by atoms with E-state index in [9.17, 15) is 31.1 Å². The first-order valence-electron chi connectivity index (χ1n) is 8.08. The second-order valence-electron chi connectivity index (χ2n) is 6.39. The molecule has 0 spiro atoms. The van der Waals surface area contributed by atoms with E-state index >= 15 is 0 Å². The van der Waals surface area contributed by atoms with Gasteiger partial charge in [0, 0.05) is 17.5 Å². The average molecular weight is 408 g/mol. The molecule has 1 aromatic carbocycles. The highest BCUT2D eigenvalue weighted by atomic mass is 19.4. The Morgan fingerprint density at radius 3 is 2.43 bits per heavy atom. The molecule has 5 nitrogen and oxygen atoms in total. The number of carbonyl (C=O) groups excluding carboxylic acids is 1. The molecule has 11 heteroatoms. The first kappa shape index (κ1) is 20.0. The summed E-state index contributed by atoms with van der Waals surface area (Å²) >= 11 is 0. The zero-order valence-electron chi connectivity index (χ0n) is 14.6. The largest absolute Gasteiger partial charge is 0.481 e. The summed E-state index contributed by atoms with van der Waals surface area (Å²) in [4.78, 5) is 16.2. The minimum Gasteiger partial charge on any atom is -0.481 e. The molecule has 0 radical (unpaired) electrons. The van der Waals surface area contributed by atoms with E-state index in [1.807, 2.05) is 0 Å². The predicted octanol–water partition coefficient (Wildman–Crippen LogP) is 4.33. The van der Waals surface area contributed by atoms with Gasteiger partial charge in [0.15, 0.2) is 6.61 Å². The number of ether oxygens (including phenoxy) is 2. The third kappa shape index (κ3) is 4.07. The zero-order valence-corrected chi connectivity index (χ0v) is 14.6. The highest BCUT2D eigenvalue weighted by Crippen LogP contribution is 2.42. The van der Waals surface area contributed by atoms with E-state index < -0.39 is 54.2 Å². The molecule has 2 heterocycles. The molecule has 0 bridgehead atoms. The van der Waals surface area contributed by atoms with E-state index in [-0.39, 0.29) is 17.1 Å². The molecular weight excluding hydrogens is 394 g/mol. The molecule has 0 N–H and O–H groups in total. The predicted molar refractivity (Wildman–Crippen MR) is 86.4 cm³/mol. The Morgan fingerprint density at radius 2 is 1.86 bits per heavy atom. The molecule has 0 unspecified atom stereocenters. The number of carbonyl (C=O) groups is 1. The van der Waals surface area contributed by atoms with Crippen molar-refractivity contribution in [1.29, 1.82) is 0 Å². The van der Waals surface area contributed by atoms with Crippen molar-refractivity contribution in [3.63, 3.8) is 0 Å². The van der Waals surface area contributed by atoms with Crippen molar-refractivity contribution < 1.29 is 40.6 Å². The van der Waals surface area contributed by atoms with E-state index in [2.05, 4.69) is 4.98 Å². The van der Waals surface area contributed by atoms with Crippen molar-refractivity contribution in [1.82, 2.24) is 4.98 Å². The van der Waals surface area contributed by atoms with Gasteiger partial charge < -0.3 is 9.47 Å². The summed E-state index contributed by atoms with van der Waals surface area (Å²) in [5, 5.41) is -0.465. The van der Waals surface area contributed by atoms with Crippen LogP contribution in [0.5, 0.6) is 11.6 Å². The lowest BCUT2D eigenvalue weighted by Crippen LogP contribution is -2.44. The number of alkyl halides is 6. The Bertz CT molecular complexity index is 924. The third-order valence-corrected chi connectivity index (χ3v) is 3.81. The van der Waals surface area contributed by atoms with Gasteiger partial charge >= 0.3 is 12.4 Å². The number of hydrogen-bond acceptors (Lipinski definition) is 4. The Labute approximate surface area is 154 Å². The minimum absolute atomic E-state index is 0.168. The number of halogens is 6. The second-order valence-corrected chi connectivity index (χ2v) is 6.39. The molecule has 28 heavy (non-hydrogen) atoms. The molecule has 0 aliphatic carbocycles. The summed E-state index contributed by atoms with van der Waals surface area (Å²) in [6.07, 6.45) is -10.0. The van der Waals surface area contributed by atoms with Gasteiger partial charge in [0.25, 0.3) is 5.91 Å². The number of fused-ring (bicyclic) bond motifs is 2. The van der Waals surface area contributed by atoms with Gasteiger partial charge in [-0.05, 0) is 19.9 Å². The van der Waals surface area contributed by atoms with Crippen molar-refractivity contribution in [2.45, 2.75) is 32.3 Å². The quantitative estimate of drug-likeness (QED) is 0.710. The average Bonchev–Trinajstić information content (AvgIpc) is 2.53. The number of anilines is 1. The van der Waals surface area contributed by atoms with Gasteiger partial charge in [-0.15, -0.1) is 0 Å². The fraction of sp³-hybridized carbons (Fsp3) is 0.412. The lowest BCUT2D eigenvalue weighted by Gasteiger charge is -2.30. The van der Waals surface area contributed by atoms with E-state index in [0.29, 0.717) is 11.0 Å². The number of aromatic nitrogens is 1. The maximum absolute atomic E-state index is 13.5. The summed E-state index contributed by atoms with van der Waals surface area (Å²) in [5.41, 5.74) is -1.71. The van der Waals surface area contributed by atoms with Gasteiger partial charge in [0.05, 0.1) is 22.9 Å². The molecule has 0 fully saturated rings. The zero-order chi connectivity index (χ0) is 20.9. The van der Waals surface area contributed by atoms with E-state index in [1.165, 1.54) is 0 Å². The van der Waals surface area contributed by atoms with E-state index in [0.717, 1.165) is 12.1 Å². The molecule has 1 amide bonds. The van der Waals surface area contributed by atoms with E-state index in [1.54, 1.807) is 13.8 Å². The third-order valence-electron chi connectivity index (χ3n) is 3.81. The molecule has 2 aromatic rings. The molecular formula is C17H14F6N2O3. The van der Waals surface area contributed by atoms with Gasteiger partial charge in [-0.2, -0.15) is 26.3 Å². The van der Waals surface area contributed by atoms with Crippen LogP contribution in [-0.2, 0) is 11.0 Å². The van der Waals surface area contributed by atoms with Crippen LogP contribution in [-0.4, -0.2) is 36.3 Å². The SMILES string of the molecule is CC(C)Oc1cc(C(F)(F)F)c2cc3c(cc2n1)OCC(=O)N3CC(F)(F)F. The Hall–Kier alpha value is -2.72. The second kappa shape index (κ2) is 6.71. The number of benzene rings is 1. The number of amides is 1. The van der Waals surface area contributed by atoms with Crippen molar-refractivity contribution >= 4 is 22.5 Å². The van der Waals surface area contributed by atoms with Crippen molar-refractivity contribution in [2.24, 2.45) is 0 Å². The van der Waals surface area contributed by atoms with Crippen LogP contribution in [0.25, 0.3) is 10.9 Å². The molecule has 0 saturated heterocycles. The van der Waals surface area contributed by atoms with Gasteiger partial charge in [0.2, 0.25) is 5.88 Å². The van der Waals surface area contributed by atoms with Crippen LogP contribution in [0.4, 0.5) is 32.0 Å². The monoisotopic (exact) mass is 408 g/mol. The maximum Gasteiger partial charge on any atom is 0.417 e. The lowest BCUT2D eigenvalue weighted by molar-refractivity contribution is -0.136. The highest BCUT2D eigenvalue weighted by Gasteiger charge is 2.39. The summed E-state index contributed by atoms with van der Waals surface area (Å²) in [6, 6.07) is 2.58. The number of rotatable bonds is 3. The van der Waals surface area contributed by atoms with E-state index in [4.69, 9.17) is 9.47 Å². The number of pyridine rings is 1. The van der Waals surface area contributed by atoms with Crippen LogP contribution < -0.4 is 14.4 Å². The molecule has 152 valence electrons. The van der Waals surface area contributed by atoms with Crippen LogP contribution in [0, 0.1) is 0 Å². The maximum atomic E-state index is 13.5. The van der Waals surface area contributed by atoms with Gasteiger partial charge in [-0.1, -0.05) is 0 Å². The van der Waals surface area contributed by atoms with Gasteiger partial charge in [-0.25, -0.2) is 4.98 Å². The number of nitrogens with zero attached hydrogens (tertiary/aromatic N) is 2. The van der Waals surface area contributed by atoms with Crippen LogP contribution in [0.1, 0.15) is 19.4 Å². The van der Waals surface area contributed by atoms with Crippen LogP contribution in [0.3, 0.4) is 0 Å². The lowest BCUT2D eigenvalue weighted by atomic mass is 10.1. The summed E-state index contributed by atoms with van der Waals surface area (Å²) in [6.45, 7) is 0.908. The van der Waals surface area contributed by atoms with Crippen molar-refractivity contribution in [3.8, 4) is 11.6 Å². The van der Waals surface area contributed by atoms with Gasteiger partial charge in [0.1, 0.15) is 12.3 Å². The standard InChI is InChI=1S/C17H14F6N2O3/c1-8(2)28-14-4-10(17(21,22)23)9-3-12-13(5-11(9)24-14)27-6-15(26)25(12)7-16(18,19)20/h3-5,8H,6-7H2,1-2H3. The molecule has 3 rings (SSSR count). The summed E-state index contributed by atoms with van der Waals surface area (Å²) in [7, 11) is 0. The Balaban J connectivity index is 2.22. The smallest absolute Gasteiger partial charge is 0.417 e. The van der Waals surface area contributed by atoms with Crippen molar-refractivity contribution in [2.75, 3.05) is 18.1 Å². The summed E-state index contributed by atoms with van der Waals surface area (Å²) in [5.74, 6) is -1.46. The first-order chi connectivity index (χ1) is 12.8. The fourth-order valence-electron chi connectivity index (χ4n) is 2.79. The molecule has 0 saturated carbocycles. The first-order valence-corrected chi connectivity index (χ1v) is 8.08. The molecule has 0 atom stereocenters. The Morgan fingerprint density at radius 1 is 1.18 bits per heavy atom. The van der Waals surface area contributed by atoms with Crippen LogP contribution in [0.2, 0.25) is 0 Å². The minimum atomic E-state index is -4.82. The van der Waals surface area contributed by atoms with Crippen molar-refractivity contribution in [3.05, 3.63) is 23.8 Å². The topological polar surface area (TPSA) is 51.7 Å². The Kier molecular flexibility index (Phi) is 4.80. The normalized spacial score (nSPS) is 15.0. The van der Waals surface area contributed by atoms with Crippen LogP contribution in [0.15, 0.2) is 18.2 Å². The molecule has 1 aliphatic heterocycles. The highest BCUT2D eigenvalue weighted by molar-refractivity contribution is 6.01. The molecule has 1 aliphatic rings.